The summed E-state index contributed by atoms with van der Waals surface area (Å²) in [4.78, 5) is 27.8. The Morgan fingerprint density at radius 3 is 2.93 bits per heavy atom. The van der Waals surface area contributed by atoms with Gasteiger partial charge >= 0.3 is 5.63 Å². The molecule has 0 aliphatic carbocycles. The monoisotopic (exact) mass is 364 g/mol. The maximum Gasteiger partial charge on any atom is 0.336 e. The first-order chi connectivity index (χ1) is 13.0. The lowest BCUT2D eigenvalue weighted by molar-refractivity contribution is -0.118. The molecule has 4 aromatic rings. The molecule has 136 valence electrons. The molecule has 0 atom stereocenters. The van der Waals surface area contributed by atoms with Crippen molar-refractivity contribution in [2.75, 3.05) is 11.9 Å². The summed E-state index contributed by atoms with van der Waals surface area (Å²) in [6.07, 6.45) is 1.58. The van der Waals surface area contributed by atoms with Crippen molar-refractivity contribution in [3.63, 3.8) is 0 Å². The number of aryl methyl sites for hydroxylation is 2. The second kappa shape index (κ2) is 6.56. The van der Waals surface area contributed by atoms with Gasteiger partial charge in [0.15, 0.2) is 12.3 Å². The zero-order valence-electron chi connectivity index (χ0n) is 14.7. The van der Waals surface area contributed by atoms with Crippen LogP contribution in [0.4, 0.5) is 5.69 Å². The number of hydrogen-bond donors (Lipinski definition) is 1. The first-order valence-electron chi connectivity index (χ1n) is 8.25. The van der Waals surface area contributed by atoms with E-state index in [0.717, 1.165) is 22.1 Å². The lowest BCUT2D eigenvalue weighted by Gasteiger charge is -2.08. The molecular weight excluding hydrogens is 348 g/mol. The molecule has 0 saturated carbocycles. The molecule has 27 heavy (non-hydrogen) atoms. The largest absolute Gasteiger partial charge is 0.484 e. The molecule has 8 heteroatoms. The maximum atomic E-state index is 12.2. The zero-order chi connectivity index (χ0) is 19.0. The summed E-state index contributed by atoms with van der Waals surface area (Å²) in [5, 5.41) is 8.70. The molecule has 1 amide bonds. The number of nitrogens with zero attached hydrogens (tertiary/aromatic N) is 3. The van der Waals surface area contributed by atoms with Crippen molar-refractivity contribution in [2.24, 2.45) is 7.05 Å². The number of fused-ring (bicyclic) bond motifs is 2. The number of pyridine rings is 1. The van der Waals surface area contributed by atoms with Gasteiger partial charge in [-0.3, -0.25) is 9.48 Å². The number of amides is 1. The van der Waals surface area contributed by atoms with E-state index in [1.54, 1.807) is 35.1 Å². The number of anilines is 1. The van der Waals surface area contributed by atoms with Gasteiger partial charge in [0, 0.05) is 30.0 Å². The number of benzene rings is 1. The molecule has 0 unspecified atom stereocenters. The van der Waals surface area contributed by atoms with E-state index < -0.39 is 5.63 Å². The molecule has 3 heterocycles. The van der Waals surface area contributed by atoms with Crippen LogP contribution in [0.1, 0.15) is 5.69 Å². The number of nitrogens with one attached hydrogen (secondary N) is 1. The van der Waals surface area contributed by atoms with Gasteiger partial charge in [0.05, 0.1) is 17.6 Å². The van der Waals surface area contributed by atoms with E-state index in [1.165, 1.54) is 6.07 Å². The lowest BCUT2D eigenvalue weighted by atomic mass is 10.2. The van der Waals surface area contributed by atoms with Crippen molar-refractivity contribution >= 4 is 33.6 Å². The van der Waals surface area contributed by atoms with Gasteiger partial charge in [-0.15, -0.1) is 0 Å². The summed E-state index contributed by atoms with van der Waals surface area (Å²) in [6.45, 7) is 1.70. The number of aromatic nitrogens is 3. The lowest BCUT2D eigenvalue weighted by Crippen LogP contribution is -2.20. The van der Waals surface area contributed by atoms with E-state index in [4.69, 9.17) is 9.15 Å². The maximum absolute atomic E-state index is 12.2. The SMILES string of the molecule is Cc1nn(C)c2ncc(NC(=O)COc3ccc4ccc(=O)oc4c3)cc12. The third-order valence-corrected chi connectivity index (χ3v) is 4.11. The van der Waals surface area contributed by atoms with Crippen molar-refractivity contribution in [3.8, 4) is 5.75 Å². The molecule has 8 nitrogen and oxygen atoms in total. The van der Waals surface area contributed by atoms with Gasteiger partial charge in [-0.2, -0.15) is 5.10 Å². The number of hydrogen-bond acceptors (Lipinski definition) is 6. The van der Waals surface area contributed by atoms with Gasteiger partial charge < -0.3 is 14.5 Å². The predicted molar refractivity (Wildman–Crippen MR) is 99.9 cm³/mol. The average Bonchev–Trinajstić information content (AvgIpc) is 2.93. The fourth-order valence-corrected chi connectivity index (χ4v) is 2.85. The van der Waals surface area contributed by atoms with Crippen molar-refractivity contribution in [1.82, 2.24) is 14.8 Å². The Morgan fingerprint density at radius 1 is 1.26 bits per heavy atom. The highest BCUT2D eigenvalue weighted by Gasteiger charge is 2.10. The molecule has 0 bridgehead atoms. The molecule has 4 rings (SSSR count). The first kappa shape index (κ1) is 16.8. The summed E-state index contributed by atoms with van der Waals surface area (Å²) in [5.41, 5.74) is 2.12. The van der Waals surface area contributed by atoms with Gasteiger partial charge in [-0.25, -0.2) is 9.78 Å². The molecule has 0 radical (unpaired) electrons. The van der Waals surface area contributed by atoms with Crippen molar-refractivity contribution < 1.29 is 13.9 Å². The van der Waals surface area contributed by atoms with Crippen LogP contribution in [0.2, 0.25) is 0 Å². The molecular formula is C19H16N4O4. The Kier molecular flexibility index (Phi) is 4.08. The van der Waals surface area contributed by atoms with Crippen LogP contribution >= 0.6 is 0 Å². The first-order valence-corrected chi connectivity index (χ1v) is 8.25. The van der Waals surface area contributed by atoms with Crippen LogP contribution in [0.15, 0.2) is 51.8 Å². The Morgan fingerprint density at radius 2 is 2.07 bits per heavy atom. The smallest absolute Gasteiger partial charge is 0.336 e. The number of carbonyl (C=O) groups is 1. The molecule has 0 spiro atoms. The van der Waals surface area contributed by atoms with Crippen LogP contribution in [0.3, 0.4) is 0 Å². The number of rotatable bonds is 4. The van der Waals surface area contributed by atoms with Gasteiger partial charge in [0.2, 0.25) is 0 Å². The van der Waals surface area contributed by atoms with Gasteiger partial charge in [-0.1, -0.05) is 0 Å². The second-order valence-electron chi connectivity index (χ2n) is 6.10. The molecule has 1 aromatic carbocycles. The molecule has 3 aromatic heterocycles. The standard InChI is InChI=1S/C19H16N4O4/c1-11-15-7-13(9-20-19(15)23(2)22-11)21-17(24)10-26-14-5-3-12-4-6-18(25)27-16(12)8-14/h3-9H,10H2,1-2H3,(H,21,24). The van der Waals surface area contributed by atoms with Gasteiger partial charge in [0.25, 0.3) is 5.91 Å². The second-order valence-corrected chi connectivity index (χ2v) is 6.10. The van der Waals surface area contributed by atoms with E-state index in [-0.39, 0.29) is 12.5 Å². The molecule has 0 aliphatic heterocycles. The van der Waals surface area contributed by atoms with Crippen LogP contribution in [-0.4, -0.2) is 27.3 Å². The van der Waals surface area contributed by atoms with E-state index in [1.807, 2.05) is 20.0 Å². The summed E-state index contributed by atoms with van der Waals surface area (Å²) < 4.78 is 12.3. The normalized spacial score (nSPS) is 11.0. The predicted octanol–water partition coefficient (Wildman–Crippen LogP) is 2.40. The molecule has 0 fully saturated rings. The van der Waals surface area contributed by atoms with E-state index in [2.05, 4.69) is 15.4 Å². The summed E-state index contributed by atoms with van der Waals surface area (Å²) in [6, 6.07) is 9.90. The van der Waals surface area contributed by atoms with Crippen molar-refractivity contribution in [1.29, 1.82) is 0 Å². The fraction of sp³-hybridized carbons (Fsp3) is 0.158. The fourth-order valence-electron chi connectivity index (χ4n) is 2.85. The molecule has 1 N–H and O–H groups in total. The van der Waals surface area contributed by atoms with E-state index >= 15 is 0 Å². The minimum absolute atomic E-state index is 0.188. The highest BCUT2D eigenvalue weighted by Crippen LogP contribution is 2.21. The molecule has 0 saturated heterocycles. The minimum atomic E-state index is -0.439. The Labute approximate surface area is 153 Å². The summed E-state index contributed by atoms with van der Waals surface area (Å²) in [5.74, 6) is 0.107. The Bertz CT molecular complexity index is 1230. The van der Waals surface area contributed by atoms with Crippen LogP contribution in [0.25, 0.3) is 22.0 Å². The quantitative estimate of drug-likeness (QED) is 0.558. The third kappa shape index (κ3) is 3.37. The Hall–Kier alpha value is -3.68. The topological polar surface area (TPSA) is 99.3 Å². The van der Waals surface area contributed by atoms with E-state index in [0.29, 0.717) is 17.0 Å². The van der Waals surface area contributed by atoms with Crippen LogP contribution in [0, 0.1) is 6.92 Å². The van der Waals surface area contributed by atoms with E-state index in [9.17, 15) is 9.59 Å². The number of ether oxygens (including phenoxy) is 1. The summed E-state index contributed by atoms with van der Waals surface area (Å²) >= 11 is 0. The van der Waals surface area contributed by atoms with Crippen LogP contribution in [-0.2, 0) is 11.8 Å². The highest BCUT2D eigenvalue weighted by molar-refractivity contribution is 5.94. The van der Waals surface area contributed by atoms with Gasteiger partial charge in [-0.05, 0) is 31.2 Å². The van der Waals surface area contributed by atoms with Gasteiger partial charge in [0.1, 0.15) is 11.3 Å². The van der Waals surface area contributed by atoms with Crippen molar-refractivity contribution in [3.05, 3.63) is 58.7 Å². The van der Waals surface area contributed by atoms with Crippen LogP contribution < -0.4 is 15.7 Å². The molecule has 0 aliphatic rings. The van der Waals surface area contributed by atoms with Crippen LogP contribution in [0.5, 0.6) is 5.75 Å². The third-order valence-electron chi connectivity index (χ3n) is 4.11. The zero-order valence-corrected chi connectivity index (χ0v) is 14.7. The number of carbonyl (C=O) groups excluding carboxylic acids is 1. The Balaban J connectivity index is 1.45. The minimum Gasteiger partial charge on any atom is -0.484 e. The van der Waals surface area contributed by atoms with Crippen molar-refractivity contribution in [2.45, 2.75) is 6.92 Å². The average molecular weight is 364 g/mol. The highest BCUT2D eigenvalue weighted by atomic mass is 16.5. The summed E-state index contributed by atoms with van der Waals surface area (Å²) in [7, 11) is 1.82.